The Kier molecular flexibility index (Phi) is 7.35. The van der Waals surface area contributed by atoms with Crippen LogP contribution in [-0.2, 0) is 0 Å². The summed E-state index contributed by atoms with van der Waals surface area (Å²) in [5, 5.41) is 27.9. The van der Waals surface area contributed by atoms with Crippen LogP contribution >= 0.6 is 0 Å². The van der Waals surface area contributed by atoms with E-state index in [2.05, 4.69) is 16.6 Å². The van der Waals surface area contributed by atoms with Crippen LogP contribution in [0, 0.1) is 12.3 Å². The maximum absolute atomic E-state index is 10.9. The number of rotatable bonds is 5. The van der Waals surface area contributed by atoms with E-state index in [9.17, 15) is 5.11 Å². The normalized spacial score (nSPS) is 22.3. The predicted molar refractivity (Wildman–Crippen MR) is 138 cm³/mol. The fraction of sp³-hybridized carbons (Fsp3) is 0.586. The van der Waals surface area contributed by atoms with Crippen molar-refractivity contribution in [2.75, 3.05) is 18.4 Å². The molecule has 1 atom stereocenters. The number of nitrogens with one attached hydrogen (secondary N) is 2. The molecule has 1 aromatic heterocycles. The van der Waals surface area contributed by atoms with Crippen molar-refractivity contribution in [2.24, 2.45) is 0 Å². The molecule has 5 nitrogen and oxygen atoms in total. The van der Waals surface area contributed by atoms with E-state index in [1.165, 1.54) is 81.8 Å². The summed E-state index contributed by atoms with van der Waals surface area (Å²) in [6.07, 6.45) is 20.4. The molecule has 5 heteroatoms. The lowest BCUT2D eigenvalue weighted by Crippen LogP contribution is -2.39. The van der Waals surface area contributed by atoms with Gasteiger partial charge in [0.25, 0.3) is 0 Å². The lowest BCUT2D eigenvalue weighted by atomic mass is 9.74. The molecule has 2 aliphatic carbocycles. The second-order valence-corrected chi connectivity index (χ2v) is 10.5. The van der Waals surface area contributed by atoms with Crippen LogP contribution in [0.4, 0.5) is 5.82 Å². The number of piperidine rings is 1. The van der Waals surface area contributed by atoms with Gasteiger partial charge < -0.3 is 15.7 Å². The monoisotopic (exact) mass is 458 g/mol. The quantitative estimate of drug-likeness (QED) is 0.473. The number of aromatic hydroxyl groups is 1. The van der Waals surface area contributed by atoms with Crippen molar-refractivity contribution < 1.29 is 5.11 Å². The summed E-state index contributed by atoms with van der Waals surface area (Å²) >= 11 is 0. The Morgan fingerprint density at radius 3 is 2.21 bits per heavy atom. The highest BCUT2D eigenvalue weighted by molar-refractivity contribution is 5.74. The van der Waals surface area contributed by atoms with Crippen molar-refractivity contribution in [1.29, 1.82) is 0 Å². The minimum absolute atomic E-state index is 0.202. The Morgan fingerprint density at radius 2 is 1.59 bits per heavy atom. The Bertz CT molecular complexity index is 1030. The third kappa shape index (κ3) is 4.93. The van der Waals surface area contributed by atoms with Crippen LogP contribution in [0.5, 0.6) is 5.75 Å². The molecule has 2 saturated carbocycles. The van der Waals surface area contributed by atoms with Gasteiger partial charge >= 0.3 is 0 Å². The molecular weight excluding hydrogens is 420 g/mol. The third-order valence-corrected chi connectivity index (χ3v) is 8.13. The lowest BCUT2D eigenvalue weighted by molar-refractivity contribution is 0.416. The van der Waals surface area contributed by atoms with Gasteiger partial charge in [-0.1, -0.05) is 44.4 Å². The second kappa shape index (κ2) is 10.8. The first-order valence-corrected chi connectivity index (χ1v) is 13.4. The van der Waals surface area contributed by atoms with Crippen molar-refractivity contribution in [3.05, 3.63) is 34.9 Å². The molecule has 0 unspecified atom stereocenters. The van der Waals surface area contributed by atoms with Crippen molar-refractivity contribution in [3.8, 4) is 29.4 Å². The molecule has 3 aliphatic rings. The molecule has 3 N–H and O–H groups in total. The summed E-state index contributed by atoms with van der Waals surface area (Å²) in [6.45, 7) is 2.07. The average molecular weight is 459 g/mol. The highest BCUT2D eigenvalue weighted by Gasteiger charge is 2.32. The highest BCUT2D eigenvalue weighted by Crippen LogP contribution is 2.47. The number of hydrogen-bond donors (Lipinski definition) is 3. The number of aromatic nitrogens is 2. The minimum Gasteiger partial charge on any atom is -0.507 e. The van der Waals surface area contributed by atoms with E-state index in [0.717, 1.165) is 36.6 Å². The van der Waals surface area contributed by atoms with Gasteiger partial charge in [0.15, 0.2) is 5.82 Å². The molecule has 1 aliphatic heterocycles. The zero-order valence-corrected chi connectivity index (χ0v) is 20.3. The van der Waals surface area contributed by atoms with E-state index in [1.54, 1.807) is 6.07 Å². The standard InChI is InChI=1S/C29H38N4O/c1-2-20-15-16-24(25(34)18-20)28-26(21-10-5-3-6-11-21)27(22-12-7-4-8-13-22)29(33-32-28)31-23-14-9-17-30-19-23/h1,15-16,18,21-23,30,34H,3-14,17,19H2,(H,31,33)/t23-/m1/s1. The van der Waals surface area contributed by atoms with Crippen LogP contribution < -0.4 is 10.6 Å². The van der Waals surface area contributed by atoms with Crippen molar-refractivity contribution >= 4 is 5.82 Å². The van der Waals surface area contributed by atoms with Gasteiger partial charge in [0, 0.05) is 29.3 Å². The first-order valence-electron chi connectivity index (χ1n) is 13.4. The van der Waals surface area contributed by atoms with Gasteiger partial charge in [-0.15, -0.1) is 16.6 Å². The number of anilines is 1. The van der Waals surface area contributed by atoms with Gasteiger partial charge in [-0.2, -0.15) is 0 Å². The van der Waals surface area contributed by atoms with Crippen molar-refractivity contribution in [2.45, 2.75) is 94.9 Å². The Hall–Kier alpha value is -2.58. The number of phenolic OH excluding ortho intramolecular Hbond substituents is 1. The van der Waals surface area contributed by atoms with Gasteiger partial charge in [0.1, 0.15) is 11.4 Å². The molecule has 0 bridgehead atoms. The molecular formula is C29H38N4O. The van der Waals surface area contributed by atoms with E-state index < -0.39 is 0 Å². The van der Waals surface area contributed by atoms with Crippen LogP contribution in [0.1, 0.15) is 106 Å². The van der Waals surface area contributed by atoms with Crippen LogP contribution in [0.2, 0.25) is 0 Å². The molecule has 5 rings (SSSR count). The molecule has 0 radical (unpaired) electrons. The summed E-state index contributed by atoms with van der Waals surface area (Å²) in [7, 11) is 0. The van der Waals surface area contributed by atoms with Crippen LogP contribution in [-0.4, -0.2) is 34.4 Å². The zero-order chi connectivity index (χ0) is 23.3. The fourth-order valence-electron chi connectivity index (χ4n) is 6.37. The van der Waals surface area contributed by atoms with Gasteiger partial charge in [0.2, 0.25) is 0 Å². The minimum atomic E-state index is 0.202. The molecule has 0 spiro atoms. The maximum atomic E-state index is 10.9. The maximum Gasteiger partial charge on any atom is 0.152 e. The van der Waals surface area contributed by atoms with Crippen molar-refractivity contribution in [1.82, 2.24) is 15.5 Å². The van der Waals surface area contributed by atoms with E-state index >= 15 is 0 Å². The average Bonchev–Trinajstić information content (AvgIpc) is 2.90. The zero-order valence-electron chi connectivity index (χ0n) is 20.3. The summed E-state index contributed by atoms with van der Waals surface area (Å²) in [6, 6.07) is 5.91. The number of phenols is 1. The summed E-state index contributed by atoms with van der Waals surface area (Å²) in [4.78, 5) is 0. The topological polar surface area (TPSA) is 70.1 Å². The predicted octanol–water partition coefficient (Wildman–Crippen LogP) is 6.09. The van der Waals surface area contributed by atoms with Gasteiger partial charge in [0.05, 0.1) is 0 Å². The highest BCUT2D eigenvalue weighted by atomic mass is 16.3. The Labute approximate surface area is 204 Å². The largest absolute Gasteiger partial charge is 0.507 e. The molecule has 34 heavy (non-hydrogen) atoms. The first kappa shape index (κ1) is 23.2. The summed E-state index contributed by atoms with van der Waals surface area (Å²) in [5.41, 5.74) is 5.04. The summed E-state index contributed by atoms with van der Waals surface area (Å²) in [5.74, 6) is 4.79. The van der Waals surface area contributed by atoms with Gasteiger partial charge in [-0.3, -0.25) is 0 Å². The van der Waals surface area contributed by atoms with Gasteiger partial charge in [-0.05, 0) is 80.7 Å². The number of nitrogens with zero attached hydrogens (tertiary/aromatic N) is 2. The molecule has 2 heterocycles. The molecule has 180 valence electrons. The molecule has 2 aromatic rings. The molecule has 1 saturated heterocycles. The number of terminal acetylenes is 1. The second-order valence-electron chi connectivity index (χ2n) is 10.5. The van der Waals surface area contributed by atoms with E-state index in [0.29, 0.717) is 23.4 Å². The Morgan fingerprint density at radius 1 is 0.882 bits per heavy atom. The molecule has 3 fully saturated rings. The van der Waals surface area contributed by atoms with Crippen molar-refractivity contribution in [3.63, 3.8) is 0 Å². The van der Waals surface area contributed by atoms with Crippen LogP contribution in [0.15, 0.2) is 18.2 Å². The summed E-state index contributed by atoms with van der Waals surface area (Å²) < 4.78 is 0. The molecule has 1 aromatic carbocycles. The SMILES string of the molecule is C#Cc1ccc(-c2nnc(N[C@@H]3CCCNC3)c(C3CCCCC3)c2C2CCCCC2)c(O)c1. The number of hydrogen-bond acceptors (Lipinski definition) is 5. The van der Waals surface area contributed by atoms with E-state index in [-0.39, 0.29) is 5.75 Å². The first-order chi connectivity index (χ1) is 16.7. The van der Waals surface area contributed by atoms with Gasteiger partial charge in [-0.25, -0.2) is 0 Å². The smallest absolute Gasteiger partial charge is 0.152 e. The van der Waals surface area contributed by atoms with Crippen LogP contribution in [0.25, 0.3) is 11.3 Å². The van der Waals surface area contributed by atoms with E-state index in [1.807, 2.05) is 12.1 Å². The lowest BCUT2D eigenvalue weighted by Gasteiger charge is -2.33. The third-order valence-electron chi connectivity index (χ3n) is 8.13. The number of benzene rings is 1. The molecule has 0 amide bonds. The van der Waals surface area contributed by atoms with Crippen LogP contribution in [0.3, 0.4) is 0 Å². The van der Waals surface area contributed by atoms with E-state index in [4.69, 9.17) is 16.6 Å². The fourth-order valence-corrected chi connectivity index (χ4v) is 6.37. The Balaban J connectivity index is 1.65.